The number of nitrogens with two attached hydrogens (primary N) is 1. The highest BCUT2D eigenvalue weighted by Crippen LogP contribution is 2.22. The van der Waals surface area contributed by atoms with Gasteiger partial charge in [-0.05, 0) is 41.0 Å². The second-order valence-corrected chi connectivity index (χ2v) is 8.37. The lowest BCUT2D eigenvalue weighted by Crippen LogP contribution is -2.31. The van der Waals surface area contributed by atoms with E-state index in [0.717, 1.165) is 18.4 Å². The SMILES string of the molecule is CS(=O)(=O)Cc1ccc(F)cc1CNC(N)=NCc1ccc(OC(F)(F)F)cc1.I. The fourth-order valence-corrected chi connectivity index (χ4v) is 3.24. The molecule has 0 unspecified atom stereocenters. The molecule has 0 aliphatic heterocycles. The highest BCUT2D eigenvalue weighted by molar-refractivity contribution is 14.0. The summed E-state index contributed by atoms with van der Waals surface area (Å²) in [5.41, 5.74) is 7.20. The van der Waals surface area contributed by atoms with E-state index in [1.807, 2.05) is 0 Å². The van der Waals surface area contributed by atoms with Crippen molar-refractivity contribution in [3.8, 4) is 5.75 Å². The van der Waals surface area contributed by atoms with Gasteiger partial charge in [0.1, 0.15) is 11.6 Å². The first-order valence-electron chi connectivity index (χ1n) is 8.25. The van der Waals surface area contributed by atoms with Gasteiger partial charge in [0.25, 0.3) is 0 Å². The molecule has 30 heavy (non-hydrogen) atoms. The zero-order valence-corrected chi connectivity index (χ0v) is 18.9. The zero-order chi connectivity index (χ0) is 21.7. The molecule has 0 heterocycles. The number of alkyl halides is 3. The molecule has 0 fully saturated rings. The third-order valence-electron chi connectivity index (χ3n) is 3.63. The Hall–Kier alpha value is -2.09. The van der Waals surface area contributed by atoms with E-state index >= 15 is 0 Å². The molecular formula is C18H20F4IN3O3S. The van der Waals surface area contributed by atoms with Gasteiger partial charge in [-0.25, -0.2) is 17.8 Å². The Balaban J connectivity index is 0.00000450. The average molecular weight is 561 g/mol. The van der Waals surface area contributed by atoms with Gasteiger partial charge in [0.05, 0.1) is 12.3 Å². The summed E-state index contributed by atoms with van der Waals surface area (Å²) < 4.78 is 76.7. The van der Waals surface area contributed by atoms with Crippen molar-refractivity contribution in [2.24, 2.45) is 10.7 Å². The number of nitrogens with zero attached hydrogens (tertiary/aromatic N) is 1. The lowest BCUT2D eigenvalue weighted by atomic mass is 10.1. The van der Waals surface area contributed by atoms with Gasteiger partial charge in [0.2, 0.25) is 0 Å². The normalized spacial score (nSPS) is 12.2. The Labute approximate surface area is 188 Å². The predicted molar refractivity (Wildman–Crippen MR) is 116 cm³/mol. The highest BCUT2D eigenvalue weighted by atomic mass is 127. The first-order valence-corrected chi connectivity index (χ1v) is 10.3. The number of hydrogen-bond acceptors (Lipinski definition) is 4. The summed E-state index contributed by atoms with van der Waals surface area (Å²) in [5.74, 6) is -1.10. The Morgan fingerprint density at radius 3 is 2.33 bits per heavy atom. The number of rotatable bonds is 7. The van der Waals surface area contributed by atoms with Gasteiger partial charge >= 0.3 is 6.36 Å². The van der Waals surface area contributed by atoms with Gasteiger partial charge < -0.3 is 15.8 Å². The molecule has 166 valence electrons. The van der Waals surface area contributed by atoms with Crippen LogP contribution in [0.25, 0.3) is 0 Å². The maximum atomic E-state index is 13.5. The van der Waals surface area contributed by atoms with Crippen LogP contribution in [0.4, 0.5) is 17.6 Å². The van der Waals surface area contributed by atoms with Gasteiger partial charge in [-0.1, -0.05) is 18.2 Å². The molecular weight excluding hydrogens is 541 g/mol. The molecule has 0 saturated heterocycles. The Morgan fingerprint density at radius 1 is 1.13 bits per heavy atom. The van der Waals surface area contributed by atoms with Gasteiger partial charge in [-0.15, -0.1) is 37.1 Å². The summed E-state index contributed by atoms with van der Waals surface area (Å²) in [5, 5.41) is 2.76. The monoisotopic (exact) mass is 561 g/mol. The summed E-state index contributed by atoms with van der Waals surface area (Å²) in [6.07, 6.45) is -3.69. The van der Waals surface area contributed by atoms with Crippen molar-refractivity contribution in [2.75, 3.05) is 6.26 Å². The first kappa shape index (κ1) is 25.9. The molecule has 2 aromatic carbocycles. The maximum absolute atomic E-state index is 13.5. The van der Waals surface area contributed by atoms with Crippen LogP contribution in [-0.2, 0) is 28.7 Å². The second kappa shape index (κ2) is 10.8. The summed E-state index contributed by atoms with van der Waals surface area (Å²) in [4.78, 5) is 4.05. The molecule has 0 saturated carbocycles. The molecule has 0 aromatic heterocycles. The molecule has 0 aliphatic carbocycles. The van der Waals surface area contributed by atoms with Gasteiger partial charge in [0, 0.05) is 12.8 Å². The third kappa shape index (κ3) is 9.61. The van der Waals surface area contributed by atoms with E-state index in [0.29, 0.717) is 16.7 Å². The Morgan fingerprint density at radius 2 is 1.77 bits per heavy atom. The molecule has 0 spiro atoms. The highest BCUT2D eigenvalue weighted by Gasteiger charge is 2.30. The lowest BCUT2D eigenvalue weighted by molar-refractivity contribution is -0.274. The quantitative estimate of drug-likeness (QED) is 0.234. The van der Waals surface area contributed by atoms with Crippen LogP contribution in [0.1, 0.15) is 16.7 Å². The molecule has 0 aliphatic rings. The maximum Gasteiger partial charge on any atom is 0.573 e. The van der Waals surface area contributed by atoms with E-state index in [1.165, 1.54) is 30.3 Å². The molecule has 12 heteroatoms. The number of sulfone groups is 1. The van der Waals surface area contributed by atoms with Crippen molar-refractivity contribution < 1.29 is 30.7 Å². The van der Waals surface area contributed by atoms with Crippen LogP contribution in [0.15, 0.2) is 47.5 Å². The first-order chi connectivity index (χ1) is 13.4. The van der Waals surface area contributed by atoms with Crippen molar-refractivity contribution >= 4 is 39.8 Å². The van der Waals surface area contributed by atoms with Crippen molar-refractivity contribution in [3.05, 3.63) is 65.0 Å². The molecule has 6 nitrogen and oxygen atoms in total. The summed E-state index contributed by atoms with van der Waals surface area (Å²) >= 11 is 0. The van der Waals surface area contributed by atoms with Crippen LogP contribution in [0.2, 0.25) is 0 Å². The Kier molecular flexibility index (Phi) is 9.34. The summed E-state index contributed by atoms with van der Waals surface area (Å²) in [6.45, 7) is 0.140. The second-order valence-electron chi connectivity index (χ2n) is 6.23. The standard InChI is InChI=1S/C18H19F4N3O3S.HI/c1-29(26,27)11-13-4-5-15(19)8-14(13)10-25-17(23)24-9-12-2-6-16(7-3-12)28-18(20,21)22;/h2-8H,9-11H2,1H3,(H3,23,24,25);1H. The van der Waals surface area contributed by atoms with Crippen molar-refractivity contribution in [1.29, 1.82) is 0 Å². The van der Waals surface area contributed by atoms with Crippen LogP contribution >= 0.6 is 24.0 Å². The average Bonchev–Trinajstić information content (AvgIpc) is 2.59. The van der Waals surface area contributed by atoms with Crippen LogP contribution in [-0.4, -0.2) is 27.0 Å². The number of ether oxygens (including phenoxy) is 1. The number of aliphatic imine (C=N–C) groups is 1. The topological polar surface area (TPSA) is 93.8 Å². The van der Waals surface area contributed by atoms with Gasteiger partial charge in [-0.2, -0.15) is 0 Å². The van der Waals surface area contributed by atoms with Crippen LogP contribution < -0.4 is 15.8 Å². The van der Waals surface area contributed by atoms with E-state index in [4.69, 9.17) is 5.73 Å². The third-order valence-corrected chi connectivity index (χ3v) is 4.47. The fraction of sp³-hybridized carbons (Fsp3) is 0.278. The van der Waals surface area contributed by atoms with Crippen molar-refractivity contribution in [2.45, 2.75) is 25.2 Å². The number of nitrogens with one attached hydrogen (secondary N) is 1. The van der Waals surface area contributed by atoms with Gasteiger partial charge in [0.15, 0.2) is 15.8 Å². The van der Waals surface area contributed by atoms with Crippen LogP contribution in [0, 0.1) is 5.82 Å². The number of halogens is 5. The minimum Gasteiger partial charge on any atom is -0.406 e. The van der Waals surface area contributed by atoms with Gasteiger partial charge in [-0.3, -0.25) is 0 Å². The van der Waals surface area contributed by atoms with E-state index < -0.39 is 22.0 Å². The largest absolute Gasteiger partial charge is 0.573 e. The van der Waals surface area contributed by atoms with Crippen LogP contribution in [0.3, 0.4) is 0 Å². The number of guanidine groups is 1. The molecule has 3 N–H and O–H groups in total. The number of hydrogen-bond donors (Lipinski definition) is 2. The smallest absolute Gasteiger partial charge is 0.406 e. The van der Waals surface area contributed by atoms with E-state index in [2.05, 4.69) is 15.0 Å². The van der Waals surface area contributed by atoms with E-state index in [9.17, 15) is 26.0 Å². The minimum atomic E-state index is -4.76. The van der Waals surface area contributed by atoms with E-state index in [1.54, 1.807) is 0 Å². The summed E-state index contributed by atoms with van der Waals surface area (Å²) in [6, 6.07) is 8.92. The molecule has 0 bridgehead atoms. The molecule has 0 radical (unpaired) electrons. The lowest BCUT2D eigenvalue weighted by Gasteiger charge is -2.11. The minimum absolute atomic E-state index is 0. The van der Waals surface area contributed by atoms with Crippen LogP contribution in [0.5, 0.6) is 5.75 Å². The predicted octanol–water partition coefficient (Wildman–Crippen LogP) is 3.49. The van der Waals surface area contributed by atoms with Crippen molar-refractivity contribution in [1.82, 2.24) is 5.32 Å². The number of benzene rings is 2. The molecule has 0 atom stereocenters. The zero-order valence-electron chi connectivity index (χ0n) is 15.7. The summed E-state index contributed by atoms with van der Waals surface area (Å²) in [7, 11) is -3.30. The molecule has 2 aromatic rings. The van der Waals surface area contributed by atoms with E-state index in [-0.39, 0.29) is 54.5 Å². The molecule has 2 rings (SSSR count). The van der Waals surface area contributed by atoms with Crippen molar-refractivity contribution in [3.63, 3.8) is 0 Å². The molecule has 0 amide bonds. The fourth-order valence-electron chi connectivity index (χ4n) is 2.40. The Bertz CT molecular complexity index is 981.